The van der Waals surface area contributed by atoms with Gasteiger partial charge in [0.15, 0.2) is 5.96 Å². The SMILES string of the molecule is CN=C(NCC(=O)N(C)CCc1ccccn1)NC(C)c1ccc(OCC(C)C)cc1. The molecule has 1 unspecified atom stereocenters. The Bertz CT molecular complexity index is 822. The third-order valence-electron chi connectivity index (χ3n) is 4.80. The van der Waals surface area contributed by atoms with Crippen molar-refractivity contribution in [3.8, 4) is 5.75 Å². The molecular formula is C24H35N5O2. The lowest BCUT2D eigenvalue weighted by atomic mass is 10.1. The largest absolute Gasteiger partial charge is 0.493 e. The standard InChI is InChI=1S/C24H35N5O2/c1-18(2)17-31-22-11-9-20(10-12-22)19(3)28-24(25-4)27-16-23(30)29(5)15-13-21-8-6-7-14-26-21/h6-12,14,18-19H,13,15-17H2,1-5H3,(H2,25,27,28). The van der Waals surface area contributed by atoms with E-state index in [4.69, 9.17) is 4.74 Å². The Hall–Kier alpha value is -3.09. The molecule has 0 spiro atoms. The second-order valence-electron chi connectivity index (χ2n) is 7.95. The van der Waals surface area contributed by atoms with Gasteiger partial charge in [-0.3, -0.25) is 14.8 Å². The minimum atomic E-state index is -0.00168. The van der Waals surface area contributed by atoms with Crippen molar-refractivity contribution < 1.29 is 9.53 Å². The number of hydrogen-bond donors (Lipinski definition) is 2. The molecule has 0 aliphatic rings. The Morgan fingerprint density at radius 3 is 2.52 bits per heavy atom. The van der Waals surface area contributed by atoms with Crippen molar-refractivity contribution in [3.05, 3.63) is 59.9 Å². The van der Waals surface area contributed by atoms with Gasteiger partial charge in [0.1, 0.15) is 5.75 Å². The molecule has 0 bridgehead atoms. The van der Waals surface area contributed by atoms with E-state index in [0.29, 0.717) is 25.0 Å². The van der Waals surface area contributed by atoms with Crippen molar-refractivity contribution in [3.63, 3.8) is 0 Å². The fourth-order valence-corrected chi connectivity index (χ4v) is 2.85. The van der Waals surface area contributed by atoms with Gasteiger partial charge in [-0.2, -0.15) is 0 Å². The van der Waals surface area contributed by atoms with E-state index in [1.54, 1.807) is 25.2 Å². The molecule has 7 nitrogen and oxygen atoms in total. The first-order chi connectivity index (χ1) is 14.9. The number of benzene rings is 1. The minimum absolute atomic E-state index is 0.00168. The fourth-order valence-electron chi connectivity index (χ4n) is 2.85. The maximum atomic E-state index is 12.4. The Morgan fingerprint density at radius 1 is 1.16 bits per heavy atom. The molecule has 0 saturated heterocycles. The molecule has 1 heterocycles. The van der Waals surface area contributed by atoms with Crippen LogP contribution >= 0.6 is 0 Å². The van der Waals surface area contributed by atoms with Crippen LogP contribution in [-0.2, 0) is 11.2 Å². The quantitative estimate of drug-likeness (QED) is 0.452. The summed E-state index contributed by atoms with van der Waals surface area (Å²) in [6.07, 6.45) is 2.49. The average Bonchev–Trinajstić information content (AvgIpc) is 2.79. The molecule has 1 atom stereocenters. The molecule has 0 aliphatic heterocycles. The summed E-state index contributed by atoms with van der Waals surface area (Å²) in [6.45, 7) is 7.80. The number of carbonyl (C=O) groups excluding carboxylic acids is 1. The van der Waals surface area contributed by atoms with Gasteiger partial charge in [0, 0.05) is 39.0 Å². The number of rotatable bonds is 10. The summed E-state index contributed by atoms with van der Waals surface area (Å²) in [5.41, 5.74) is 2.08. The third-order valence-corrected chi connectivity index (χ3v) is 4.80. The molecule has 2 rings (SSSR count). The molecular weight excluding hydrogens is 390 g/mol. The zero-order valence-corrected chi connectivity index (χ0v) is 19.3. The van der Waals surface area contributed by atoms with Crippen molar-refractivity contribution >= 4 is 11.9 Å². The number of hydrogen-bond acceptors (Lipinski definition) is 4. The summed E-state index contributed by atoms with van der Waals surface area (Å²) >= 11 is 0. The molecule has 0 saturated carbocycles. The highest BCUT2D eigenvalue weighted by Crippen LogP contribution is 2.18. The van der Waals surface area contributed by atoms with E-state index >= 15 is 0 Å². The van der Waals surface area contributed by atoms with Gasteiger partial charge in [-0.05, 0) is 42.7 Å². The average molecular weight is 426 g/mol. The molecule has 168 valence electrons. The van der Waals surface area contributed by atoms with Gasteiger partial charge < -0.3 is 20.3 Å². The van der Waals surface area contributed by atoms with Gasteiger partial charge in [-0.1, -0.05) is 32.0 Å². The van der Waals surface area contributed by atoms with Crippen molar-refractivity contribution in [1.29, 1.82) is 0 Å². The number of nitrogens with zero attached hydrogens (tertiary/aromatic N) is 3. The van der Waals surface area contributed by atoms with Gasteiger partial charge in [-0.25, -0.2) is 0 Å². The van der Waals surface area contributed by atoms with Crippen LogP contribution in [0.4, 0.5) is 0 Å². The highest BCUT2D eigenvalue weighted by molar-refractivity contribution is 5.86. The number of ether oxygens (including phenoxy) is 1. The number of guanidine groups is 1. The Balaban J connectivity index is 1.78. The van der Waals surface area contributed by atoms with E-state index in [2.05, 4.69) is 41.4 Å². The van der Waals surface area contributed by atoms with Crippen LogP contribution in [0.25, 0.3) is 0 Å². The minimum Gasteiger partial charge on any atom is -0.493 e. The van der Waals surface area contributed by atoms with Crippen LogP contribution in [0.3, 0.4) is 0 Å². The first-order valence-corrected chi connectivity index (χ1v) is 10.7. The molecule has 7 heteroatoms. The van der Waals surface area contributed by atoms with Crippen molar-refractivity contribution in [2.24, 2.45) is 10.9 Å². The van der Waals surface area contributed by atoms with Gasteiger partial charge in [0.2, 0.25) is 5.91 Å². The summed E-state index contributed by atoms with van der Waals surface area (Å²) in [7, 11) is 3.49. The molecule has 31 heavy (non-hydrogen) atoms. The number of amides is 1. The smallest absolute Gasteiger partial charge is 0.241 e. The van der Waals surface area contributed by atoms with Gasteiger partial charge in [-0.15, -0.1) is 0 Å². The number of aromatic nitrogens is 1. The lowest BCUT2D eigenvalue weighted by Crippen LogP contribution is -2.44. The van der Waals surface area contributed by atoms with Crippen LogP contribution in [0.2, 0.25) is 0 Å². The summed E-state index contributed by atoms with van der Waals surface area (Å²) in [4.78, 5) is 22.7. The van der Waals surface area contributed by atoms with E-state index in [-0.39, 0.29) is 18.5 Å². The first kappa shape index (κ1) is 24.2. The van der Waals surface area contributed by atoms with Crippen molar-refractivity contribution in [1.82, 2.24) is 20.5 Å². The maximum absolute atomic E-state index is 12.4. The topological polar surface area (TPSA) is 78.9 Å². The Labute approximate surface area is 185 Å². The number of carbonyl (C=O) groups is 1. The van der Waals surface area contributed by atoms with Crippen LogP contribution in [0, 0.1) is 5.92 Å². The van der Waals surface area contributed by atoms with Crippen LogP contribution in [0.5, 0.6) is 5.75 Å². The van der Waals surface area contributed by atoms with Crippen molar-refractivity contribution in [2.45, 2.75) is 33.2 Å². The predicted molar refractivity (Wildman–Crippen MR) is 125 cm³/mol. The molecule has 2 aromatic rings. The second kappa shape index (κ2) is 12.6. The van der Waals surface area contributed by atoms with E-state index in [1.807, 2.05) is 42.5 Å². The molecule has 1 amide bonds. The van der Waals surface area contributed by atoms with Crippen LogP contribution in [0.1, 0.15) is 38.1 Å². The lowest BCUT2D eigenvalue weighted by Gasteiger charge is -2.21. The summed E-state index contributed by atoms with van der Waals surface area (Å²) in [5, 5.41) is 6.42. The molecule has 0 aliphatic carbocycles. The maximum Gasteiger partial charge on any atom is 0.241 e. The number of aliphatic imine (C=N–C) groups is 1. The number of nitrogens with one attached hydrogen (secondary N) is 2. The molecule has 2 N–H and O–H groups in total. The normalized spacial score (nSPS) is 12.4. The summed E-state index contributed by atoms with van der Waals surface area (Å²) in [5.74, 6) is 1.94. The van der Waals surface area contributed by atoms with E-state index in [9.17, 15) is 4.79 Å². The van der Waals surface area contributed by atoms with Crippen LogP contribution in [-0.4, -0.2) is 55.5 Å². The molecule has 1 aromatic carbocycles. The first-order valence-electron chi connectivity index (χ1n) is 10.7. The highest BCUT2D eigenvalue weighted by Gasteiger charge is 2.12. The lowest BCUT2D eigenvalue weighted by molar-refractivity contribution is -0.128. The van der Waals surface area contributed by atoms with E-state index in [0.717, 1.165) is 23.4 Å². The third kappa shape index (κ3) is 8.66. The predicted octanol–water partition coefficient (Wildman–Crippen LogP) is 3.04. The second-order valence-corrected chi connectivity index (χ2v) is 7.95. The van der Waals surface area contributed by atoms with E-state index in [1.165, 1.54) is 0 Å². The highest BCUT2D eigenvalue weighted by atomic mass is 16.5. The Kier molecular flexibility index (Phi) is 9.81. The van der Waals surface area contributed by atoms with E-state index < -0.39 is 0 Å². The zero-order valence-electron chi connectivity index (χ0n) is 19.3. The summed E-state index contributed by atoms with van der Waals surface area (Å²) in [6, 6.07) is 13.9. The molecule has 0 fully saturated rings. The number of pyridine rings is 1. The monoisotopic (exact) mass is 425 g/mol. The zero-order chi connectivity index (χ0) is 22.6. The molecule has 0 radical (unpaired) electrons. The van der Waals surface area contributed by atoms with Gasteiger partial charge in [0.25, 0.3) is 0 Å². The van der Waals surface area contributed by atoms with Gasteiger partial charge in [0.05, 0.1) is 19.2 Å². The summed E-state index contributed by atoms with van der Waals surface area (Å²) < 4.78 is 5.74. The number of likely N-dealkylation sites (N-methyl/N-ethyl adjacent to an activating group) is 1. The van der Waals surface area contributed by atoms with Crippen molar-refractivity contribution in [2.75, 3.05) is 33.8 Å². The fraction of sp³-hybridized carbons (Fsp3) is 0.458. The van der Waals surface area contributed by atoms with Crippen LogP contribution in [0.15, 0.2) is 53.7 Å². The Morgan fingerprint density at radius 2 is 1.90 bits per heavy atom. The van der Waals surface area contributed by atoms with Gasteiger partial charge >= 0.3 is 0 Å². The molecule has 1 aromatic heterocycles. The van der Waals surface area contributed by atoms with Crippen LogP contribution < -0.4 is 15.4 Å².